The Morgan fingerprint density at radius 1 is 0.708 bits per heavy atom. The molecule has 0 spiro atoms. The van der Waals surface area contributed by atoms with E-state index in [9.17, 15) is 9.59 Å². The summed E-state index contributed by atoms with van der Waals surface area (Å²) in [5, 5.41) is 6.38. The van der Waals surface area contributed by atoms with Crippen molar-refractivity contribution in [2.75, 3.05) is 26.3 Å². The first-order valence-corrected chi connectivity index (χ1v) is 8.96. The summed E-state index contributed by atoms with van der Waals surface area (Å²) in [6.07, 6.45) is 12.1. The molecule has 0 aromatic carbocycles. The van der Waals surface area contributed by atoms with Crippen LogP contribution in [0.4, 0.5) is 0 Å². The second-order valence-electron chi connectivity index (χ2n) is 6.14. The van der Waals surface area contributed by atoms with Gasteiger partial charge in [-0.15, -0.1) is 0 Å². The summed E-state index contributed by atoms with van der Waals surface area (Å²) in [5.41, 5.74) is 1.51. The van der Waals surface area contributed by atoms with Crippen LogP contribution in [0.1, 0.15) is 51.4 Å². The normalized spacial score (nSPS) is 20.5. The quantitative estimate of drug-likeness (QED) is 0.342. The van der Waals surface area contributed by atoms with Crippen molar-refractivity contribution in [2.24, 2.45) is 0 Å². The fourth-order valence-corrected chi connectivity index (χ4v) is 2.71. The lowest BCUT2D eigenvalue weighted by atomic mass is 10.1. The van der Waals surface area contributed by atoms with E-state index in [1.165, 1.54) is 25.7 Å². The highest BCUT2D eigenvalue weighted by Crippen LogP contribution is 2.12. The van der Waals surface area contributed by atoms with Gasteiger partial charge in [0, 0.05) is 38.3 Å². The summed E-state index contributed by atoms with van der Waals surface area (Å²) < 4.78 is 9.74. The molecule has 2 fully saturated rings. The van der Waals surface area contributed by atoms with Crippen molar-refractivity contribution in [3.8, 4) is 0 Å². The molecule has 2 aliphatic rings. The number of hydrogen-bond acceptors (Lipinski definition) is 6. The lowest BCUT2D eigenvalue weighted by Gasteiger charge is -2.04. The molecule has 2 rings (SSSR count). The number of hydrogen-bond donors (Lipinski definition) is 2. The summed E-state index contributed by atoms with van der Waals surface area (Å²) in [4.78, 5) is 22.4. The van der Waals surface area contributed by atoms with Gasteiger partial charge < -0.3 is 20.1 Å². The first-order chi connectivity index (χ1) is 11.8. The highest BCUT2D eigenvalue weighted by atomic mass is 16.5. The average Bonchev–Trinajstić information content (AvgIpc) is 3.17. The van der Waals surface area contributed by atoms with Crippen molar-refractivity contribution in [1.29, 1.82) is 0 Å². The standard InChI is InChI=1S/C18H28N2O4/c21-17-15(7-11-23-17)13-19-9-5-3-1-2-4-6-10-20-14-16-8-12-24-18(16)22/h13-14,19-20H,1-12H2/b15-13-,16-14+. The molecule has 6 nitrogen and oxygen atoms in total. The largest absolute Gasteiger partial charge is 0.462 e. The molecule has 2 saturated heterocycles. The monoisotopic (exact) mass is 336 g/mol. The van der Waals surface area contributed by atoms with Crippen molar-refractivity contribution < 1.29 is 19.1 Å². The summed E-state index contributed by atoms with van der Waals surface area (Å²) in [6, 6.07) is 0. The minimum atomic E-state index is -0.184. The first-order valence-electron chi connectivity index (χ1n) is 8.96. The second-order valence-corrected chi connectivity index (χ2v) is 6.14. The molecular formula is C18H28N2O4. The van der Waals surface area contributed by atoms with Crippen LogP contribution in [0.3, 0.4) is 0 Å². The molecule has 0 atom stereocenters. The molecule has 0 aromatic rings. The van der Waals surface area contributed by atoms with Crippen molar-refractivity contribution in [2.45, 2.75) is 51.4 Å². The van der Waals surface area contributed by atoms with Crippen LogP contribution in [0.25, 0.3) is 0 Å². The predicted octanol–water partition coefficient (Wildman–Crippen LogP) is 2.17. The number of nitrogens with one attached hydrogen (secondary N) is 2. The van der Waals surface area contributed by atoms with E-state index in [0.717, 1.165) is 49.9 Å². The lowest BCUT2D eigenvalue weighted by molar-refractivity contribution is -0.136. The SMILES string of the molecule is O=C1OCC/C1=C/NCCCCCCCCN/C=C1\CCOC1=O. The maximum Gasteiger partial charge on any atom is 0.335 e. The van der Waals surface area contributed by atoms with E-state index in [4.69, 9.17) is 9.47 Å². The van der Waals surface area contributed by atoms with Crippen LogP contribution < -0.4 is 10.6 Å². The molecule has 0 aromatic heterocycles. The van der Waals surface area contributed by atoms with E-state index in [0.29, 0.717) is 13.2 Å². The van der Waals surface area contributed by atoms with Gasteiger partial charge >= 0.3 is 11.9 Å². The molecule has 0 unspecified atom stereocenters. The van der Waals surface area contributed by atoms with Gasteiger partial charge in [0.25, 0.3) is 0 Å². The number of carbonyl (C=O) groups excluding carboxylic acids is 2. The fourth-order valence-electron chi connectivity index (χ4n) is 2.71. The highest BCUT2D eigenvalue weighted by Gasteiger charge is 2.18. The molecule has 2 aliphatic heterocycles. The zero-order valence-corrected chi connectivity index (χ0v) is 14.3. The molecule has 134 valence electrons. The summed E-state index contributed by atoms with van der Waals surface area (Å²) in [5.74, 6) is -0.367. The Bertz CT molecular complexity index is 441. The Kier molecular flexibility index (Phi) is 8.21. The average molecular weight is 336 g/mol. The summed E-state index contributed by atoms with van der Waals surface area (Å²) in [6.45, 7) is 2.84. The van der Waals surface area contributed by atoms with E-state index in [1.807, 2.05) is 0 Å². The van der Waals surface area contributed by atoms with Gasteiger partial charge in [0.1, 0.15) is 0 Å². The van der Waals surface area contributed by atoms with Crippen LogP contribution in [0.5, 0.6) is 0 Å². The van der Waals surface area contributed by atoms with Crippen LogP contribution in [0.2, 0.25) is 0 Å². The topological polar surface area (TPSA) is 76.7 Å². The molecule has 24 heavy (non-hydrogen) atoms. The van der Waals surface area contributed by atoms with E-state index >= 15 is 0 Å². The van der Waals surface area contributed by atoms with Gasteiger partial charge in [-0.05, 0) is 12.8 Å². The molecule has 0 aliphatic carbocycles. The highest BCUT2D eigenvalue weighted by molar-refractivity contribution is 5.90. The van der Waals surface area contributed by atoms with Gasteiger partial charge in [0.2, 0.25) is 0 Å². The minimum absolute atomic E-state index is 0.184. The minimum Gasteiger partial charge on any atom is -0.462 e. The van der Waals surface area contributed by atoms with E-state index in [2.05, 4.69) is 10.6 Å². The molecule has 2 N–H and O–H groups in total. The molecule has 0 amide bonds. The van der Waals surface area contributed by atoms with E-state index in [-0.39, 0.29) is 11.9 Å². The van der Waals surface area contributed by atoms with Crippen molar-refractivity contribution >= 4 is 11.9 Å². The second kappa shape index (κ2) is 10.7. The number of esters is 2. The number of ether oxygens (including phenoxy) is 2. The zero-order chi connectivity index (χ0) is 17.0. The van der Waals surface area contributed by atoms with Gasteiger partial charge in [0.15, 0.2) is 0 Å². The number of cyclic esters (lactones) is 2. The maximum absolute atomic E-state index is 11.2. The first kappa shape index (κ1) is 18.4. The number of unbranched alkanes of at least 4 members (excludes halogenated alkanes) is 5. The van der Waals surface area contributed by atoms with Crippen molar-refractivity contribution in [3.63, 3.8) is 0 Å². The van der Waals surface area contributed by atoms with Gasteiger partial charge in [-0.1, -0.05) is 25.7 Å². The lowest BCUT2D eigenvalue weighted by Crippen LogP contribution is -2.10. The summed E-state index contributed by atoms with van der Waals surface area (Å²) >= 11 is 0. The molecule has 0 saturated carbocycles. The fraction of sp³-hybridized carbons (Fsp3) is 0.667. The number of carbonyl (C=O) groups is 2. The molecule has 0 radical (unpaired) electrons. The Morgan fingerprint density at radius 3 is 1.50 bits per heavy atom. The Balaban J connectivity index is 1.35. The Labute approximate surface area is 143 Å². The molecule has 0 bridgehead atoms. The zero-order valence-electron chi connectivity index (χ0n) is 14.3. The van der Waals surface area contributed by atoms with Crippen molar-refractivity contribution in [3.05, 3.63) is 23.5 Å². The summed E-state index contributed by atoms with van der Waals surface area (Å²) in [7, 11) is 0. The molecule has 2 heterocycles. The molecular weight excluding hydrogens is 308 g/mol. The Hall–Kier alpha value is -1.98. The van der Waals surface area contributed by atoms with Crippen LogP contribution in [0, 0.1) is 0 Å². The van der Waals surface area contributed by atoms with Gasteiger partial charge in [0.05, 0.1) is 24.4 Å². The van der Waals surface area contributed by atoms with Crippen LogP contribution in [0.15, 0.2) is 23.5 Å². The maximum atomic E-state index is 11.2. The predicted molar refractivity (Wildman–Crippen MR) is 91.0 cm³/mol. The third-order valence-electron chi connectivity index (χ3n) is 4.18. The number of rotatable bonds is 11. The van der Waals surface area contributed by atoms with Gasteiger partial charge in [-0.2, -0.15) is 0 Å². The third-order valence-corrected chi connectivity index (χ3v) is 4.18. The third kappa shape index (κ3) is 6.64. The van der Waals surface area contributed by atoms with Crippen LogP contribution in [-0.2, 0) is 19.1 Å². The Morgan fingerprint density at radius 2 is 1.12 bits per heavy atom. The van der Waals surface area contributed by atoms with Crippen molar-refractivity contribution in [1.82, 2.24) is 10.6 Å². The smallest absolute Gasteiger partial charge is 0.335 e. The van der Waals surface area contributed by atoms with Gasteiger partial charge in [-0.25, -0.2) is 9.59 Å². The van der Waals surface area contributed by atoms with Gasteiger partial charge in [-0.3, -0.25) is 0 Å². The van der Waals surface area contributed by atoms with E-state index in [1.54, 1.807) is 12.4 Å². The molecule has 6 heteroatoms. The van der Waals surface area contributed by atoms with E-state index < -0.39 is 0 Å². The van der Waals surface area contributed by atoms with Crippen LogP contribution in [-0.4, -0.2) is 38.2 Å². The van der Waals surface area contributed by atoms with Crippen LogP contribution >= 0.6 is 0 Å².